The quantitative estimate of drug-likeness (QED) is 0.730. The summed E-state index contributed by atoms with van der Waals surface area (Å²) in [4.78, 5) is 22.7. The number of carboxylic acids is 1. The summed E-state index contributed by atoms with van der Waals surface area (Å²) in [5.74, 6) is -1.09. The maximum absolute atomic E-state index is 11.9. The van der Waals surface area contributed by atoms with Crippen molar-refractivity contribution >= 4 is 12.0 Å². The number of nitriles is 1. The van der Waals surface area contributed by atoms with Gasteiger partial charge in [0.15, 0.2) is 0 Å². The molecule has 0 radical (unpaired) electrons. The van der Waals surface area contributed by atoms with Crippen LogP contribution in [0.2, 0.25) is 0 Å². The monoisotopic (exact) mass is 279 g/mol. The number of carbonyl (C=O) groups excluding carboxylic acids is 1. The van der Waals surface area contributed by atoms with Gasteiger partial charge in [-0.15, -0.1) is 0 Å². The van der Waals surface area contributed by atoms with Crippen molar-refractivity contribution in [2.24, 2.45) is 11.8 Å². The highest BCUT2D eigenvalue weighted by atomic mass is 16.4. The van der Waals surface area contributed by atoms with E-state index in [9.17, 15) is 9.59 Å². The highest BCUT2D eigenvalue weighted by molar-refractivity contribution is 5.75. The third-order valence-electron chi connectivity index (χ3n) is 4.41. The van der Waals surface area contributed by atoms with Crippen LogP contribution < -0.4 is 10.6 Å². The number of nitrogens with one attached hydrogen (secondary N) is 2. The predicted octanol–water partition coefficient (Wildman–Crippen LogP) is 1.62. The molecule has 2 fully saturated rings. The second kappa shape index (κ2) is 6.60. The number of hydrogen-bond acceptors (Lipinski definition) is 3. The molecule has 0 aromatic carbocycles. The van der Waals surface area contributed by atoms with Crippen molar-refractivity contribution < 1.29 is 14.7 Å². The zero-order valence-corrected chi connectivity index (χ0v) is 11.5. The third-order valence-corrected chi connectivity index (χ3v) is 4.41. The standard InChI is InChI=1S/C14H21N3O3/c15-8-10-2-1-3-12(10)17-14(20)16-11-6-4-9(5-7-11)13(18)19/h9-12H,1-7H2,(H,18,19)(H2,16,17,20). The third kappa shape index (κ3) is 3.62. The first-order valence-corrected chi connectivity index (χ1v) is 7.29. The van der Waals surface area contributed by atoms with Gasteiger partial charge in [-0.05, 0) is 44.9 Å². The van der Waals surface area contributed by atoms with Gasteiger partial charge in [-0.25, -0.2) is 4.79 Å². The Kier molecular flexibility index (Phi) is 4.83. The van der Waals surface area contributed by atoms with Crippen molar-refractivity contribution in [1.82, 2.24) is 10.6 Å². The molecular weight excluding hydrogens is 258 g/mol. The fourth-order valence-corrected chi connectivity index (χ4v) is 3.17. The number of amides is 2. The molecule has 0 spiro atoms. The molecule has 20 heavy (non-hydrogen) atoms. The molecule has 0 aromatic heterocycles. The molecule has 2 aliphatic carbocycles. The maximum Gasteiger partial charge on any atom is 0.315 e. The number of carboxylic acid groups (broad SMARTS) is 1. The number of carbonyl (C=O) groups is 2. The summed E-state index contributed by atoms with van der Waals surface area (Å²) in [6.07, 6.45) is 5.33. The lowest BCUT2D eigenvalue weighted by Gasteiger charge is -2.27. The van der Waals surface area contributed by atoms with E-state index >= 15 is 0 Å². The molecule has 6 heteroatoms. The van der Waals surface area contributed by atoms with Crippen LogP contribution in [-0.2, 0) is 4.79 Å². The van der Waals surface area contributed by atoms with E-state index in [4.69, 9.17) is 10.4 Å². The van der Waals surface area contributed by atoms with Crippen molar-refractivity contribution in [2.75, 3.05) is 0 Å². The summed E-state index contributed by atoms with van der Waals surface area (Å²) in [5, 5.41) is 23.7. The zero-order valence-electron chi connectivity index (χ0n) is 11.5. The van der Waals surface area contributed by atoms with E-state index in [2.05, 4.69) is 16.7 Å². The van der Waals surface area contributed by atoms with Crippen LogP contribution >= 0.6 is 0 Å². The highest BCUT2D eigenvalue weighted by Gasteiger charge is 2.30. The molecule has 2 saturated carbocycles. The molecule has 2 atom stereocenters. The van der Waals surface area contributed by atoms with E-state index in [0.717, 1.165) is 19.3 Å². The molecule has 2 amide bonds. The molecule has 0 saturated heterocycles. The molecule has 110 valence electrons. The van der Waals surface area contributed by atoms with Gasteiger partial charge in [-0.1, -0.05) is 0 Å². The van der Waals surface area contributed by atoms with Crippen LogP contribution in [0.1, 0.15) is 44.9 Å². The van der Waals surface area contributed by atoms with Crippen molar-refractivity contribution in [2.45, 2.75) is 57.0 Å². The Labute approximate surface area is 118 Å². The number of rotatable bonds is 3. The summed E-state index contributed by atoms with van der Waals surface area (Å²) < 4.78 is 0. The minimum absolute atomic E-state index is 0.0460. The topological polar surface area (TPSA) is 102 Å². The minimum Gasteiger partial charge on any atom is -0.481 e. The summed E-state index contributed by atoms with van der Waals surface area (Å²) >= 11 is 0. The largest absolute Gasteiger partial charge is 0.481 e. The molecule has 0 aliphatic heterocycles. The molecule has 0 heterocycles. The lowest BCUT2D eigenvalue weighted by atomic mass is 9.86. The van der Waals surface area contributed by atoms with E-state index in [1.807, 2.05) is 0 Å². The molecular formula is C14H21N3O3. The van der Waals surface area contributed by atoms with Gasteiger partial charge >= 0.3 is 12.0 Å². The highest BCUT2D eigenvalue weighted by Crippen LogP contribution is 2.26. The molecule has 3 N–H and O–H groups in total. The van der Waals surface area contributed by atoms with Gasteiger partial charge in [0.1, 0.15) is 0 Å². The molecule has 2 unspecified atom stereocenters. The van der Waals surface area contributed by atoms with Gasteiger partial charge in [0.2, 0.25) is 0 Å². The van der Waals surface area contributed by atoms with E-state index in [1.165, 1.54) is 0 Å². The second-order valence-electron chi connectivity index (χ2n) is 5.78. The Morgan fingerprint density at radius 1 is 1.05 bits per heavy atom. The SMILES string of the molecule is N#CC1CCCC1NC(=O)NC1CCC(C(=O)O)CC1. The number of nitrogens with zero attached hydrogens (tertiary/aromatic N) is 1. The van der Waals surface area contributed by atoms with Gasteiger partial charge in [0, 0.05) is 12.1 Å². The summed E-state index contributed by atoms with van der Waals surface area (Å²) in [7, 11) is 0. The van der Waals surface area contributed by atoms with E-state index in [-0.39, 0.29) is 30.0 Å². The van der Waals surface area contributed by atoms with E-state index < -0.39 is 5.97 Å². The summed E-state index contributed by atoms with van der Waals surface area (Å²) in [6.45, 7) is 0. The van der Waals surface area contributed by atoms with Crippen molar-refractivity contribution in [1.29, 1.82) is 5.26 Å². The lowest BCUT2D eigenvalue weighted by molar-refractivity contribution is -0.142. The fraction of sp³-hybridized carbons (Fsp3) is 0.786. The van der Waals surface area contributed by atoms with Crippen LogP contribution in [0, 0.1) is 23.2 Å². The molecule has 6 nitrogen and oxygen atoms in total. The number of urea groups is 1. The molecule has 2 rings (SSSR count). The zero-order chi connectivity index (χ0) is 14.5. The first kappa shape index (κ1) is 14.6. The Morgan fingerprint density at radius 3 is 2.35 bits per heavy atom. The van der Waals surface area contributed by atoms with Crippen LogP contribution in [0.3, 0.4) is 0 Å². The van der Waals surface area contributed by atoms with Gasteiger partial charge in [-0.2, -0.15) is 5.26 Å². The van der Waals surface area contributed by atoms with Crippen LogP contribution in [-0.4, -0.2) is 29.2 Å². The first-order valence-electron chi connectivity index (χ1n) is 7.29. The second-order valence-corrected chi connectivity index (χ2v) is 5.78. The van der Waals surface area contributed by atoms with Gasteiger partial charge in [0.25, 0.3) is 0 Å². The van der Waals surface area contributed by atoms with Crippen molar-refractivity contribution in [3.8, 4) is 6.07 Å². The van der Waals surface area contributed by atoms with Crippen LogP contribution in [0.4, 0.5) is 4.79 Å². The molecule has 2 aliphatic rings. The Hall–Kier alpha value is -1.77. The van der Waals surface area contributed by atoms with Crippen LogP contribution in [0.5, 0.6) is 0 Å². The van der Waals surface area contributed by atoms with Crippen LogP contribution in [0.15, 0.2) is 0 Å². The average molecular weight is 279 g/mol. The normalized spacial score (nSPS) is 33.1. The number of hydrogen-bond donors (Lipinski definition) is 3. The van der Waals surface area contributed by atoms with Crippen molar-refractivity contribution in [3.05, 3.63) is 0 Å². The lowest BCUT2D eigenvalue weighted by Crippen LogP contribution is -2.48. The predicted molar refractivity (Wildman–Crippen MR) is 71.8 cm³/mol. The summed E-state index contributed by atoms with van der Waals surface area (Å²) in [6, 6.07) is 2.01. The Balaban J connectivity index is 1.73. The van der Waals surface area contributed by atoms with Crippen molar-refractivity contribution in [3.63, 3.8) is 0 Å². The fourth-order valence-electron chi connectivity index (χ4n) is 3.17. The Morgan fingerprint density at radius 2 is 1.75 bits per heavy atom. The average Bonchev–Trinajstić information content (AvgIpc) is 2.86. The van der Waals surface area contributed by atoms with E-state index in [0.29, 0.717) is 25.7 Å². The van der Waals surface area contributed by atoms with Gasteiger partial charge in [0.05, 0.1) is 17.9 Å². The number of aliphatic carboxylic acids is 1. The Bertz CT molecular complexity index is 410. The van der Waals surface area contributed by atoms with Gasteiger partial charge in [-0.3, -0.25) is 4.79 Å². The summed E-state index contributed by atoms with van der Waals surface area (Å²) in [5.41, 5.74) is 0. The molecule has 0 bridgehead atoms. The maximum atomic E-state index is 11.9. The van der Waals surface area contributed by atoms with E-state index in [1.54, 1.807) is 0 Å². The minimum atomic E-state index is -0.740. The first-order chi connectivity index (χ1) is 9.60. The smallest absolute Gasteiger partial charge is 0.315 e. The van der Waals surface area contributed by atoms with Gasteiger partial charge < -0.3 is 15.7 Å². The molecule has 0 aromatic rings. The van der Waals surface area contributed by atoms with Crippen LogP contribution in [0.25, 0.3) is 0 Å².